The fourth-order valence-corrected chi connectivity index (χ4v) is 1.43. The van der Waals surface area contributed by atoms with Crippen molar-refractivity contribution in [3.63, 3.8) is 0 Å². The Bertz CT molecular complexity index is 138. The second kappa shape index (κ2) is 3.62. The monoisotopic (exact) mass is 182 g/mol. The summed E-state index contributed by atoms with van der Waals surface area (Å²) in [6.45, 7) is 0.974. The summed E-state index contributed by atoms with van der Waals surface area (Å²) >= 11 is 0. The molecule has 0 aromatic heterocycles. The van der Waals surface area contributed by atoms with Crippen LogP contribution >= 0.6 is 0 Å². The predicted molar refractivity (Wildman–Crippen MR) is 39.4 cm³/mol. The molecular formula is C7H13F3N2. The topological polar surface area (TPSA) is 15.3 Å². The van der Waals surface area contributed by atoms with E-state index in [0.717, 1.165) is 0 Å². The van der Waals surface area contributed by atoms with Crippen LogP contribution in [-0.2, 0) is 0 Å². The zero-order valence-corrected chi connectivity index (χ0v) is 6.99. The second-order valence-electron chi connectivity index (χ2n) is 3.03. The summed E-state index contributed by atoms with van der Waals surface area (Å²) in [5, 5.41) is 1.81. The molecule has 0 amide bonds. The van der Waals surface area contributed by atoms with Crippen LogP contribution < -0.4 is 5.43 Å². The number of nitrogens with one attached hydrogen (secondary N) is 1. The minimum atomic E-state index is -4.00. The molecule has 1 saturated heterocycles. The van der Waals surface area contributed by atoms with E-state index >= 15 is 0 Å². The number of piperidine rings is 1. The maximum Gasteiger partial charge on any atom is 0.391 e. The first kappa shape index (κ1) is 9.80. The van der Waals surface area contributed by atoms with E-state index in [1.54, 1.807) is 7.05 Å². The first-order chi connectivity index (χ1) is 5.54. The van der Waals surface area contributed by atoms with Crippen LogP contribution in [0.3, 0.4) is 0 Å². The average molecular weight is 182 g/mol. The van der Waals surface area contributed by atoms with E-state index in [9.17, 15) is 13.2 Å². The third-order valence-electron chi connectivity index (χ3n) is 2.27. The highest BCUT2D eigenvalue weighted by molar-refractivity contribution is 4.74. The van der Waals surface area contributed by atoms with Gasteiger partial charge in [0.05, 0.1) is 5.92 Å². The molecule has 1 aliphatic rings. The van der Waals surface area contributed by atoms with Crippen LogP contribution in [0.4, 0.5) is 13.2 Å². The number of halogens is 3. The zero-order chi connectivity index (χ0) is 9.19. The number of hydrazine groups is 1. The summed E-state index contributed by atoms with van der Waals surface area (Å²) in [4.78, 5) is 0. The van der Waals surface area contributed by atoms with E-state index in [-0.39, 0.29) is 12.8 Å². The molecule has 0 aromatic rings. The number of rotatable bonds is 1. The van der Waals surface area contributed by atoms with Gasteiger partial charge in [-0.15, -0.1) is 0 Å². The van der Waals surface area contributed by atoms with Gasteiger partial charge in [0.25, 0.3) is 0 Å². The summed E-state index contributed by atoms with van der Waals surface area (Å²) in [5.41, 5.74) is 2.84. The molecule has 2 nitrogen and oxygen atoms in total. The molecular weight excluding hydrogens is 169 g/mol. The van der Waals surface area contributed by atoms with Crippen molar-refractivity contribution in [1.82, 2.24) is 10.4 Å². The van der Waals surface area contributed by atoms with Crippen molar-refractivity contribution in [3.05, 3.63) is 0 Å². The van der Waals surface area contributed by atoms with Crippen LogP contribution in [0.25, 0.3) is 0 Å². The lowest BCUT2D eigenvalue weighted by atomic mass is 9.97. The molecule has 0 unspecified atom stereocenters. The molecule has 0 atom stereocenters. The fraction of sp³-hybridized carbons (Fsp3) is 1.00. The summed E-state index contributed by atoms with van der Waals surface area (Å²) < 4.78 is 36.4. The smallest absolute Gasteiger partial charge is 0.258 e. The summed E-state index contributed by atoms with van der Waals surface area (Å²) in [7, 11) is 1.73. The molecule has 0 spiro atoms. The number of hydrogen-bond donors (Lipinski definition) is 1. The molecule has 1 fully saturated rings. The molecule has 0 saturated carbocycles. The maximum atomic E-state index is 12.1. The molecule has 5 heteroatoms. The van der Waals surface area contributed by atoms with Gasteiger partial charge in [0.15, 0.2) is 0 Å². The van der Waals surface area contributed by atoms with Gasteiger partial charge in [0.2, 0.25) is 0 Å². The first-order valence-electron chi connectivity index (χ1n) is 4.03. The van der Waals surface area contributed by atoms with Gasteiger partial charge in [-0.05, 0) is 19.9 Å². The molecule has 1 rings (SSSR count). The van der Waals surface area contributed by atoms with Gasteiger partial charge in [0.1, 0.15) is 0 Å². The van der Waals surface area contributed by atoms with Crippen molar-refractivity contribution >= 4 is 0 Å². The van der Waals surface area contributed by atoms with E-state index in [2.05, 4.69) is 5.43 Å². The third-order valence-corrected chi connectivity index (χ3v) is 2.27. The Balaban J connectivity index is 2.36. The van der Waals surface area contributed by atoms with Crippen molar-refractivity contribution in [3.8, 4) is 0 Å². The van der Waals surface area contributed by atoms with E-state index in [0.29, 0.717) is 13.1 Å². The van der Waals surface area contributed by atoms with Gasteiger partial charge in [-0.25, -0.2) is 5.01 Å². The van der Waals surface area contributed by atoms with Gasteiger partial charge in [-0.2, -0.15) is 13.2 Å². The minimum absolute atomic E-state index is 0.213. The fourth-order valence-electron chi connectivity index (χ4n) is 1.43. The summed E-state index contributed by atoms with van der Waals surface area (Å²) in [6.07, 6.45) is -3.57. The van der Waals surface area contributed by atoms with E-state index in [1.807, 2.05) is 5.01 Å². The third kappa shape index (κ3) is 2.35. The number of hydrogen-bond acceptors (Lipinski definition) is 2. The Hall–Kier alpha value is -0.290. The highest BCUT2D eigenvalue weighted by atomic mass is 19.4. The largest absolute Gasteiger partial charge is 0.391 e. The number of alkyl halides is 3. The van der Waals surface area contributed by atoms with Gasteiger partial charge in [-0.1, -0.05) is 0 Å². The van der Waals surface area contributed by atoms with E-state index < -0.39 is 12.1 Å². The standard InChI is InChI=1S/C7H13F3N2/c1-11-12-4-2-6(3-5-12)7(8,9)10/h6,11H,2-5H2,1H3. The van der Waals surface area contributed by atoms with Gasteiger partial charge in [-0.3, -0.25) is 5.43 Å². The maximum absolute atomic E-state index is 12.1. The van der Waals surface area contributed by atoms with Crippen molar-refractivity contribution in [2.75, 3.05) is 20.1 Å². The Morgan fingerprint density at radius 1 is 1.25 bits per heavy atom. The molecule has 1 N–H and O–H groups in total. The summed E-state index contributed by atoms with van der Waals surface area (Å²) in [5.74, 6) is -1.10. The zero-order valence-electron chi connectivity index (χ0n) is 6.99. The molecule has 1 aliphatic heterocycles. The lowest BCUT2D eigenvalue weighted by Gasteiger charge is -2.31. The van der Waals surface area contributed by atoms with Crippen LogP contribution in [0.5, 0.6) is 0 Å². The SMILES string of the molecule is CNN1CCC(C(F)(F)F)CC1. The molecule has 1 heterocycles. The highest BCUT2D eigenvalue weighted by Crippen LogP contribution is 2.33. The van der Waals surface area contributed by atoms with E-state index in [4.69, 9.17) is 0 Å². The molecule has 12 heavy (non-hydrogen) atoms. The normalized spacial score (nSPS) is 23.0. The van der Waals surface area contributed by atoms with Gasteiger partial charge < -0.3 is 0 Å². The number of nitrogens with zero attached hydrogens (tertiary/aromatic N) is 1. The van der Waals surface area contributed by atoms with Crippen molar-refractivity contribution in [2.24, 2.45) is 5.92 Å². The highest BCUT2D eigenvalue weighted by Gasteiger charge is 2.40. The molecule has 0 bridgehead atoms. The second-order valence-corrected chi connectivity index (χ2v) is 3.03. The van der Waals surface area contributed by atoms with Crippen LogP contribution in [0.1, 0.15) is 12.8 Å². The van der Waals surface area contributed by atoms with Crippen molar-refractivity contribution in [1.29, 1.82) is 0 Å². The predicted octanol–water partition coefficient (Wildman–Crippen LogP) is 1.40. The van der Waals surface area contributed by atoms with Gasteiger partial charge >= 0.3 is 6.18 Å². The lowest BCUT2D eigenvalue weighted by Crippen LogP contribution is -2.44. The van der Waals surface area contributed by atoms with Crippen LogP contribution in [0.15, 0.2) is 0 Å². The Morgan fingerprint density at radius 2 is 1.75 bits per heavy atom. The Kier molecular flexibility index (Phi) is 2.95. The lowest BCUT2D eigenvalue weighted by molar-refractivity contribution is -0.186. The van der Waals surface area contributed by atoms with Gasteiger partial charge in [0, 0.05) is 13.1 Å². The van der Waals surface area contributed by atoms with Crippen molar-refractivity contribution < 1.29 is 13.2 Å². The first-order valence-corrected chi connectivity index (χ1v) is 4.03. The van der Waals surface area contributed by atoms with Crippen molar-refractivity contribution in [2.45, 2.75) is 19.0 Å². The van der Waals surface area contributed by atoms with E-state index in [1.165, 1.54) is 0 Å². The molecule has 0 aliphatic carbocycles. The quantitative estimate of drug-likeness (QED) is 0.659. The Morgan fingerprint density at radius 3 is 2.08 bits per heavy atom. The average Bonchev–Trinajstić information content (AvgIpc) is 2.03. The molecule has 72 valence electrons. The minimum Gasteiger partial charge on any atom is -0.258 e. The Labute approximate surface area is 69.7 Å². The summed E-state index contributed by atoms with van der Waals surface area (Å²) in [6, 6.07) is 0. The van der Waals surface area contributed by atoms with Crippen LogP contribution in [0.2, 0.25) is 0 Å². The van der Waals surface area contributed by atoms with Crippen LogP contribution in [-0.4, -0.2) is 31.3 Å². The molecule has 0 radical (unpaired) electrons. The van der Waals surface area contributed by atoms with Crippen LogP contribution in [0, 0.1) is 5.92 Å². The molecule has 0 aromatic carbocycles.